The Morgan fingerprint density at radius 3 is 2.78 bits per heavy atom. The van der Waals surface area contributed by atoms with Gasteiger partial charge in [-0.15, -0.1) is 0 Å². The average molecular weight is 132 g/mol. The summed E-state index contributed by atoms with van der Waals surface area (Å²) in [6, 6.07) is -0.552. The SMILES string of the molecule is CCNOC(=O)C(C)N. The van der Waals surface area contributed by atoms with Crippen molar-refractivity contribution in [2.75, 3.05) is 6.54 Å². The highest BCUT2D eigenvalue weighted by Gasteiger charge is 2.06. The number of rotatable bonds is 3. The molecule has 4 nitrogen and oxygen atoms in total. The van der Waals surface area contributed by atoms with E-state index in [1.54, 1.807) is 6.92 Å². The molecule has 0 radical (unpaired) electrons. The van der Waals surface area contributed by atoms with Crippen LogP contribution in [0.25, 0.3) is 0 Å². The van der Waals surface area contributed by atoms with Gasteiger partial charge in [0.2, 0.25) is 0 Å². The fourth-order valence-electron chi connectivity index (χ4n) is 0.236. The first kappa shape index (κ1) is 8.39. The maximum Gasteiger partial charge on any atom is 0.341 e. The molecule has 54 valence electrons. The number of carbonyl (C=O) groups is 1. The Balaban J connectivity index is 3.28. The molecule has 0 bridgehead atoms. The summed E-state index contributed by atoms with van der Waals surface area (Å²) < 4.78 is 0. The molecule has 1 unspecified atom stereocenters. The van der Waals surface area contributed by atoms with Gasteiger partial charge in [0.1, 0.15) is 6.04 Å². The van der Waals surface area contributed by atoms with Crippen LogP contribution in [0.1, 0.15) is 13.8 Å². The highest BCUT2D eigenvalue weighted by Crippen LogP contribution is 1.77. The number of hydrogen-bond donors (Lipinski definition) is 2. The molecule has 0 rings (SSSR count). The summed E-state index contributed by atoms with van der Waals surface area (Å²) in [5, 5.41) is 0. The predicted octanol–water partition coefficient (Wildman–Crippen LogP) is -0.599. The molecule has 1 atom stereocenters. The van der Waals surface area contributed by atoms with Gasteiger partial charge in [0.25, 0.3) is 0 Å². The first-order valence-electron chi connectivity index (χ1n) is 2.87. The molecule has 0 saturated carbocycles. The molecule has 9 heavy (non-hydrogen) atoms. The molecule has 0 aromatic heterocycles. The van der Waals surface area contributed by atoms with Crippen LogP contribution in [0.5, 0.6) is 0 Å². The maximum absolute atomic E-state index is 10.5. The van der Waals surface area contributed by atoms with Gasteiger partial charge in [-0.25, -0.2) is 4.79 Å². The highest BCUT2D eigenvalue weighted by molar-refractivity contribution is 5.74. The van der Waals surface area contributed by atoms with E-state index in [4.69, 9.17) is 5.73 Å². The van der Waals surface area contributed by atoms with Crippen molar-refractivity contribution in [1.29, 1.82) is 0 Å². The van der Waals surface area contributed by atoms with Crippen LogP contribution in [-0.2, 0) is 9.63 Å². The third-order valence-electron chi connectivity index (χ3n) is 0.689. The van der Waals surface area contributed by atoms with E-state index in [9.17, 15) is 4.79 Å². The first-order chi connectivity index (χ1) is 4.18. The molecule has 0 spiro atoms. The van der Waals surface area contributed by atoms with Gasteiger partial charge in [-0.3, -0.25) is 0 Å². The standard InChI is InChI=1S/C5H12N2O2/c1-3-7-9-5(8)4(2)6/h4,7H,3,6H2,1-2H3. The number of nitrogens with one attached hydrogen (secondary N) is 1. The van der Waals surface area contributed by atoms with Crippen molar-refractivity contribution >= 4 is 5.97 Å². The lowest BCUT2D eigenvalue weighted by molar-refractivity contribution is -0.152. The smallest absolute Gasteiger partial charge is 0.341 e. The van der Waals surface area contributed by atoms with Crippen molar-refractivity contribution in [2.45, 2.75) is 19.9 Å². The summed E-state index contributed by atoms with van der Waals surface area (Å²) in [6.45, 7) is 3.99. The lowest BCUT2D eigenvalue weighted by Crippen LogP contribution is -2.33. The molecule has 0 amide bonds. The molecule has 0 aliphatic rings. The zero-order chi connectivity index (χ0) is 7.28. The molecule has 4 heteroatoms. The van der Waals surface area contributed by atoms with E-state index >= 15 is 0 Å². The fraction of sp³-hybridized carbons (Fsp3) is 0.800. The molecular formula is C5H12N2O2. The van der Waals surface area contributed by atoms with Crippen molar-refractivity contribution in [1.82, 2.24) is 5.48 Å². The number of hydrogen-bond acceptors (Lipinski definition) is 4. The Morgan fingerprint density at radius 1 is 1.89 bits per heavy atom. The molecule has 0 aromatic carbocycles. The van der Waals surface area contributed by atoms with E-state index < -0.39 is 12.0 Å². The monoisotopic (exact) mass is 132 g/mol. The molecule has 0 aliphatic heterocycles. The molecule has 0 saturated heterocycles. The zero-order valence-electron chi connectivity index (χ0n) is 5.68. The van der Waals surface area contributed by atoms with Crippen LogP contribution in [0.3, 0.4) is 0 Å². The quantitative estimate of drug-likeness (QED) is 0.503. The highest BCUT2D eigenvalue weighted by atomic mass is 16.7. The number of nitrogens with two attached hydrogens (primary N) is 1. The van der Waals surface area contributed by atoms with Crippen LogP contribution < -0.4 is 11.2 Å². The van der Waals surface area contributed by atoms with E-state index in [0.29, 0.717) is 6.54 Å². The van der Waals surface area contributed by atoms with E-state index in [1.165, 1.54) is 0 Å². The average Bonchev–Trinajstić information content (AvgIpc) is 1.82. The minimum absolute atomic E-state index is 0.433. The second-order valence-electron chi connectivity index (χ2n) is 1.71. The van der Waals surface area contributed by atoms with E-state index in [2.05, 4.69) is 10.3 Å². The van der Waals surface area contributed by atoms with Gasteiger partial charge in [0.05, 0.1) is 0 Å². The van der Waals surface area contributed by atoms with Crippen LogP contribution in [0.15, 0.2) is 0 Å². The minimum Gasteiger partial charge on any atom is -0.369 e. The third-order valence-corrected chi connectivity index (χ3v) is 0.689. The Kier molecular flexibility index (Phi) is 4.00. The summed E-state index contributed by atoms with van der Waals surface area (Å²) in [6.07, 6.45) is 0. The van der Waals surface area contributed by atoms with Crippen LogP contribution in [0.2, 0.25) is 0 Å². The largest absolute Gasteiger partial charge is 0.369 e. The second-order valence-corrected chi connectivity index (χ2v) is 1.71. The van der Waals surface area contributed by atoms with Gasteiger partial charge in [0, 0.05) is 6.54 Å². The normalized spacial score (nSPS) is 12.8. The summed E-state index contributed by atoms with van der Waals surface area (Å²) in [5.74, 6) is -0.433. The zero-order valence-corrected chi connectivity index (χ0v) is 5.68. The third kappa shape index (κ3) is 3.93. The molecule has 0 heterocycles. The van der Waals surface area contributed by atoms with Gasteiger partial charge < -0.3 is 10.6 Å². The second kappa shape index (κ2) is 4.29. The maximum atomic E-state index is 10.5. The van der Waals surface area contributed by atoms with E-state index in [1.807, 2.05) is 6.92 Å². The Bertz CT molecular complexity index is 93.0. The van der Waals surface area contributed by atoms with Crippen molar-refractivity contribution < 1.29 is 9.63 Å². The van der Waals surface area contributed by atoms with Gasteiger partial charge in [-0.05, 0) is 13.8 Å². The molecule has 0 aliphatic carbocycles. The number of carbonyl (C=O) groups excluding carboxylic acids is 1. The van der Waals surface area contributed by atoms with E-state index in [0.717, 1.165) is 0 Å². The molecule has 0 fully saturated rings. The number of hydroxylamine groups is 1. The summed E-state index contributed by atoms with van der Waals surface area (Å²) in [4.78, 5) is 14.9. The van der Waals surface area contributed by atoms with Crippen LogP contribution in [0.4, 0.5) is 0 Å². The Hall–Kier alpha value is -0.610. The van der Waals surface area contributed by atoms with Crippen molar-refractivity contribution in [3.05, 3.63) is 0 Å². The van der Waals surface area contributed by atoms with Crippen molar-refractivity contribution in [2.24, 2.45) is 5.73 Å². The lowest BCUT2D eigenvalue weighted by atomic mass is 10.4. The minimum atomic E-state index is -0.552. The molecule has 0 aromatic rings. The summed E-state index contributed by atoms with van der Waals surface area (Å²) in [7, 11) is 0. The Labute approximate surface area is 54.3 Å². The predicted molar refractivity (Wildman–Crippen MR) is 33.4 cm³/mol. The van der Waals surface area contributed by atoms with Crippen molar-refractivity contribution in [3.8, 4) is 0 Å². The fourth-order valence-corrected chi connectivity index (χ4v) is 0.236. The van der Waals surface area contributed by atoms with Crippen LogP contribution >= 0.6 is 0 Å². The lowest BCUT2D eigenvalue weighted by Gasteiger charge is -2.04. The topological polar surface area (TPSA) is 64.3 Å². The Morgan fingerprint density at radius 2 is 2.44 bits per heavy atom. The van der Waals surface area contributed by atoms with Crippen LogP contribution in [-0.4, -0.2) is 18.6 Å². The van der Waals surface area contributed by atoms with E-state index in [-0.39, 0.29) is 0 Å². The van der Waals surface area contributed by atoms with Gasteiger partial charge in [0.15, 0.2) is 0 Å². The summed E-state index contributed by atoms with van der Waals surface area (Å²) >= 11 is 0. The van der Waals surface area contributed by atoms with Gasteiger partial charge >= 0.3 is 5.97 Å². The first-order valence-corrected chi connectivity index (χ1v) is 2.87. The molecule has 3 N–H and O–H groups in total. The molecular weight excluding hydrogens is 120 g/mol. The van der Waals surface area contributed by atoms with Crippen molar-refractivity contribution in [3.63, 3.8) is 0 Å². The van der Waals surface area contributed by atoms with Gasteiger partial charge in [-0.1, -0.05) is 0 Å². The van der Waals surface area contributed by atoms with Crippen LogP contribution in [0, 0.1) is 0 Å². The summed E-state index contributed by atoms with van der Waals surface area (Å²) in [5.41, 5.74) is 7.56. The van der Waals surface area contributed by atoms with Gasteiger partial charge in [-0.2, -0.15) is 5.48 Å².